The highest BCUT2D eigenvalue weighted by atomic mass is 16.5. The number of nitrogens with zero attached hydrogens (tertiary/aromatic N) is 1. The Balaban J connectivity index is 2.10. The molecule has 1 aliphatic rings. The minimum Gasteiger partial charge on any atom is -0.359 e. The summed E-state index contributed by atoms with van der Waals surface area (Å²) in [5, 5.41) is 10.9. The lowest BCUT2D eigenvalue weighted by Crippen LogP contribution is -2.28. The van der Waals surface area contributed by atoms with Gasteiger partial charge in [0.25, 0.3) is 0 Å². The van der Waals surface area contributed by atoms with E-state index in [-0.39, 0.29) is 6.23 Å². The number of anilines is 1. The number of rotatable bonds is 3. The number of hydrogen-bond acceptors (Lipinski definition) is 4. The van der Waals surface area contributed by atoms with Gasteiger partial charge in [0, 0.05) is 24.1 Å². The van der Waals surface area contributed by atoms with Crippen LogP contribution in [0.25, 0.3) is 0 Å². The number of ether oxygens (including phenoxy) is 1. The summed E-state index contributed by atoms with van der Waals surface area (Å²) in [4.78, 5) is 4.26. The normalized spacial score (nSPS) is 20.4. The average Bonchev–Trinajstić information content (AvgIpc) is 2.31. The fourth-order valence-electron chi connectivity index (χ4n) is 1.83. The number of nitrogens with one attached hydrogen (secondary N) is 2. The van der Waals surface area contributed by atoms with Gasteiger partial charge >= 0.3 is 0 Å². The fourth-order valence-corrected chi connectivity index (χ4v) is 1.83. The smallest absolute Gasteiger partial charge is 0.136 e. The molecule has 86 valence electrons. The zero-order valence-corrected chi connectivity index (χ0v) is 9.49. The Morgan fingerprint density at radius 2 is 2.44 bits per heavy atom. The first-order chi connectivity index (χ1) is 7.77. The Morgan fingerprint density at radius 3 is 3.12 bits per heavy atom. The van der Waals surface area contributed by atoms with Crippen LogP contribution in [0.3, 0.4) is 0 Å². The van der Waals surface area contributed by atoms with Gasteiger partial charge in [-0.15, -0.1) is 0 Å². The molecule has 1 aliphatic heterocycles. The van der Waals surface area contributed by atoms with Crippen molar-refractivity contribution < 1.29 is 4.74 Å². The van der Waals surface area contributed by atoms with Crippen LogP contribution in [0.1, 0.15) is 31.7 Å². The molecule has 4 nitrogen and oxygen atoms in total. The van der Waals surface area contributed by atoms with Crippen LogP contribution in [0.2, 0.25) is 0 Å². The second-order valence-corrected chi connectivity index (χ2v) is 4.02. The second kappa shape index (κ2) is 5.07. The van der Waals surface area contributed by atoms with E-state index in [1.807, 2.05) is 12.1 Å². The molecule has 2 rings (SSSR count). The zero-order valence-electron chi connectivity index (χ0n) is 9.49. The number of pyridine rings is 1. The lowest BCUT2D eigenvalue weighted by atomic mass is 10.1. The standard InChI is InChI=1S/C12H17N3O/c1-9(13)10-5-4-7-14-12(10)15-11-6-2-3-8-16-11/h4-5,7,11,13H,2-3,6,8H2,1H3,(H,14,15). The van der Waals surface area contributed by atoms with Crippen LogP contribution in [0.15, 0.2) is 18.3 Å². The first kappa shape index (κ1) is 11.1. The minimum atomic E-state index is 0.0433. The first-order valence-corrected chi connectivity index (χ1v) is 5.66. The predicted octanol–water partition coefficient (Wildman–Crippen LogP) is 2.41. The van der Waals surface area contributed by atoms with Crippen LogP contribution in [0.4, 0.5) is 5.82 Å². The summed E-state index contributed by atoms with van der Waals surface area (Å²) >= 11 is 0. The minimum absolute atomic E-state index is 0.0433. The van der Waals surface area contributed by atoms with Crippen molar-refractivity contribution in [2.24, 2.45) is 0 Å². The molecule has 1 atom stereocenters. The molecule has 16 heavy (non-hydrogen) atoms. The van der Waals surface area contributed by atoms with Gasteiger partial charge in [0.05, 0.1) is 0 Å². The van der Waals surface area contributed by atoms with E-state index >= 15 is 0 Å². The average molecular weight is 219 g/mol. The SMILES string of the molecule is CC(=N)c1cccnc1NC1CCCCO1. The van der Waals surface area contributed by atoms with Gasteiger partial charge in [0.2, 0.25) is 0 Å². The Hall–Kier alpha value is -1.42. The van der Waals surface area contributed by atoms with Crippen molar-refractivity contribution in [1.29, 1.82) is 5.41 Å². The van der Waals surface area contributed by atoms with Gasteiger partial charge in [-0.05, 0) is 38.3 Å². The van der Waals surface area contributed by atoms with Gasteiger partial charge in [-0.3, -0.25) is 0 Å². The molecule has 1 aromatic heterocycles. The maximum absolute atomic E-state index is 7.67. The summed E-state index contributed by atoms with van der Waals surface area (Å²) < 4.78 is 5.60. The molecule has 0 amide bonds. The molecule has 0 saturated carbocycles. The van der Waals surface area contributed by atoms with Crippen molar-refractivity contribution in [1.82, 2.24) is 4.98 Å². The van der Waals surface area contributed by atoms with Crippen molar-refractivity contribution in [3.05, 3.63) is 23.9 Å². The van der Waals surface area contributed by atoms with Crippen LogP contribution in [0.5, 0.6) is 0 Å². The summed E-state index contributed by atoms with van der Waals surface area (Å²) in [6.07, 6.45) is 5.10. The highest BCUT2D eigenvalue weighted by Gasteiger charge is 2.15. The van der Waals surface area contributed by atoms with Crippen LogP contribution < -0.4 is 5.32 Å². The molecule has 1 fully saturated rings. The van der Waals surface area contributed by atoms with Crippen molar-refractivity contribution >= 4 is 11.5 Å². The molecule has 0 spiro atoms. The Morgan fingerprint density at radius 1 is 1.56 bits per heavy atom. The lowest BCUT2D eigenvalue weighted by Gasteiger charge is -2.24. The molecule has 1 saturated heterocycles. The van der Waals surface area contributed by atoms with Gasteiger partial charge in [-0.1, -0.05) is 0 Å². The summed E-state index contributed by atoms with van der Waals surface area (Å²) in [5.41, 5.74) is 1.36. The highest BCUT2D eigenvalue weighted by molar-refractivity contribution is 6.00. The summed E-state index contributed by atoms with van der Waals surface area (Å²) in [6.45, 7) is 2.58. The van der Waals surface area contributed by atoms with E-state index in [4.69, 9.17) is 10.1 Å². The Kier molecular flexibility index (Phi) is 3.51. The molecule has 0 aliphatic carbocycles. The molecule has 1 unspecified atom stereocenters. The number of hydrogen-bond donors (Lipinski definition) is 2. The van der Waals surface area contributed by atoms with Crippen LogP contribution in [0, 0.1) is 5.41 Å². The first-order valence-electron chi connectivity index (χ1n) is 5.66. The van der Waals surface area contributed by atoms with E-state index in [0.717, 1.165) is 30.8 Å². The van der Waals surface area contributed by atoms with E-state index in [0.29, 0.717) is 5.71 Å². The third kappa shape index (κ3) is 2.58. The monoisotopic (exact) mass is 219 g/mol. The number of aromatic nitrogens is 1. The molecule has 0 aromatic carbocycles. The van der Waals surface area contributed by atoms with Gasteiger partial charge in [0.1, 0.15) is 12.0 Å². The molecule has 1 aromatic rings. The van der Waals surface area contributed by atoms with Crippen LogP contribution in [-0.2, 0) is 4.74 Å². The molecule has 0 bridgehead atoms. The van der Waals surface area contributed by atoms with Crippen LogP contribution >= 0.6 is 0 Å². The maximum Gasteiger partial charge on any atom is 0.136 e. The van der Waals surface area contributed by atoms with E-state index in [1.54, 1.807) is 13.1 Å². The van der Waals surface area contributed by atoms with Crippen LogP contribution in [-0.4, -0.2) is 23.5 Å². The molecular formula is C12H17N3O. The third-order valence-corrected chi connectivity index (χ3v) is 2.69. The predicted molar refractivity (Wildman–Crippen MR) is 64.0 cm³/mol. The van der Waals surface area contributed by atoms with Gasteiger partial charge in [-0.25, -0.2) is 4.98 Å². The van der Waals surface area contributed by atoms with Gasteiger partial charge in [-0.2, -0.15) is 0 Å². The Labute approximate surface area is 95.5 Å². The van der Waals surface area contributed by atoms with E-state index in [1.165, 1.54) is 6.42 Å². The lowest BCUT2D eigenvalue weighted by molar-refractivity contribution is 0.0341. The highest BCUT2D eigenvalue weighted by Crippen LogP contribution is 2.18. The quantitative estimate of drug-likeness (QED) is 0.767. The van der Waals surface area contributed by atoms with Gasteiger partial charge < -0.3 is 15.5 Å². The van der Waals surface area contributed by atoms with Crippen molar-refractivity contribution in [3.63, 3.8) is 0 Å². The van der Waals surface area contributed by atoms with E-state index in [9.17, 15) is 0 Å². The molecule has 2 heterocycles. The topological polar surface area (TPSA) is 58.0 Å². The summed E-state index contributed by atoms with van der Waals surface area (Å²) in [5.74, 6) is 0.752. The zero-order chi connectivity index (χ0) is 11.4. The largest absolute Gasteiger partial charge is 0.359 e. The maximum atomic E-state index is 7.67. The van der Waals surface area contributed by atoms with Crippen molar-refractivity contribution in [2.45, 2.75) is 32.4 Å². The summed E-state index contributed by atoms with van der Waals surface area (Å²) in [7, 11) is 0. The molecule has 0 radical (unpaired) electrons. The van der Waals surface area contributed by atoms with Crippen molar-refractivity contribution in [2.75, 3.05) is 11.9 Å². The fraction of sp³-hybridized carbons (Fsp3) is 0.500. The molecule has 4 heteroatoms. The summed E-state index contributed by atoms with van der Waals surface area (Å²) in [6, 6.07) is 3.75. The molecular weight excluding hydrogens is 202 g/mol. The Bertz CT molecular complexity index is 372. The third-order valence-electron chi connectivity index (χ3n) is 2.69. The molecule has 2 N–H and O–H groups in total. The van der Waals surface area contributed by atoms with Gasteiger partial charge in [0.15, 0.2) is 0 Å². The van der Waals surface area contributed by atoms with E-state index < -0.39 is 0 Å². The van der Waals surface area contributed by atoms with E-state index in [2.05, 4.69) is 10.3 Å². The van der Waals surface area contributed by atoms with Crippen molar-refractivity contribution in [3.8, 4) is 0 Å². The second-order valence-electron chi connectivity index (χ2n) is 4.02.